The Morgan fingerprint density at radius 3 is 2.20 bits per heavy atom. The zero-order valence-electron chi connectivity index (χ0n) is 17.5. The van der Waals surface area contributed by atoms with Gasteiger partial charge in [0, 0.05) is 69.5 Å². The number of likely N-dealkylation sites (tertiary alicyclic amines) is 1. The second-order valence-electron chi connectivity index (χ2n) is 8.53. The minimum atomic E-state index is -0.417. The van der Waals surface area contributed by atoms with E-state index >= 15 is 0 Å². The average molecular weight is 434 g/mol. The molecule has 4 fully saturated rings. The molecule has 1 aromatic heterocycles. The molecular formula is C21H31N5O3S. The predicted molar refractivity (Wildman–Crippen MR) is 117 cm³/mol. The van der Waals surface area contributed by atoms with Gasteiger partial charge in [-0.3, -0.25) is 4.79 Å². The number of ether oxygens (including phenoxy) is 2. The van der Waals surface area contributed by atoms with E-state index in [4.69, 9.17) is 9.47 Å². The summed E-state index contributed by atoms with van der Waals surface area (Å²) in [5.74, 6) is 3.13. The lowest BCUT2D eigenvalue weighted by molar-refractivity contribution is -0.188. The first-order valence-electron chi connectivity index (χ1n) is 11.2. The van der Waals surface area contributed by atoms with E-state index in [2.05, 4.69) is 19.8 Å². The highest BCUT2D eigenvalue weighted by molar-refractivity contribution is 7.99. The first-order valence-corrected chi connectivity index (χ1v) is 12.3. The Kier molecular flexibility index (Phi) is 6.02. The van der Waals surface area contributed by atoms with Crippen molar-refractivity contribution in [1.82, 2.24) is 14.9 Å². The largest absolute Gasteiger partial charge is 0.369 e. The molecule has 0 aliphatic carbocycles. The Morgan fingerprint density at radius 1 is 0.933 bits per heavy atom. The molecule has 1 spiro atoms. The summed E-state index contributed by atoms with van der Waals surface area (Å²) in [5.41, 5.74) is 1.06. The molecule has 0 N–H and O–H groups in total. The fourth-order valence-electron chi connectivity index (χ4n) is 4.90. The first kappa shape index (κ1) is 20.3. The number of nitrogens with zero attached hydrogens (tertiary/aromatic N) is 5. The molecule has 1 amide bonds. The van der Waals surface area contributed by atoms with Gasteiger partial charge in [-0.15, -0.1) is 0 Å². The number of anilines is 2. The molecule has 164 valence electrons. The third-order valence-corrected chi connectivity index (χ3v) is 7.72. The average Bonchev–Trinajstić information content (AvgIpc) is 3.28. The number of thioether (sulfide) groups is 1. The van der Waals surface area contributed by atoms with Crippen molar-refractivity contribution in [2.24, 2.45) is 5.92 Å². The van der Waals surface area contributed by atoms with Crippen LogP contribution in [-0.4, -0.2) is 90.6 Å². The normalized spacial score (nSPS) is 25.1. The van der Waals surface area contributed by atoms with Gasteiger partial charge in [-0.2, -0.15) is 11.8 Å². The van der Waals surface area contributed by atoms with Crippen LogP contribution in [0.5, 0.6) is 0 Å². The lowest BCUT2D eigenvalue weighted by Crippen LogP contribution is -2.50. The number of amides is 1. The fraction of sp³-hybridized carbons (Fsp3) is 0.762. The van der Waals surface area contributed by atoms with Crippen LogP contribution in [0.2, 0.25) is 0 Å². The number of carbonyl (C=O) groups is 1. The highest BCUT2D eigenvalue weighted by Crippen LogP contribution is 2.33. The van der Waals surface area contributed by atoms with Gasteiger partial charge in [-0.1, -0.05) is 0 Å². The molecule has 1 aromatic rings. The molecule has 5 heterocycles. The van der Waals surface area contributed by atoms with E-state index in [1.807, 2.05) is 29.1 Å². The Balaban J connectivity index is 1.11. The smallest absolute Gasteiger partial charge is 0.225 e. The summed E-state index contributed by atoms with van der Waals surface area (Å²) in [5, 5.41) is 0. The van der Waals surface area contributed by atoms with Crippen LogP contribution >= 0.6 is 11.8 Å². The summed E-state index contributed by atoms with van der Waals surface area (Å²) >= 11 is 1.99. The van der Waals surface area contributed by atoms with Gasteiger partial charge in [0.25, 0.3) is 0 Å². The van der Waals surface area contributed by atoms with Crippen molar-refractivity contribution in [2.45, 2.75) is 31.5 Å². The SMILES string of the molecule is O=C(C1CCN(c2cnc(N3CCSCC3)nc2)CC1)N1CCC2(CC1)OCCO2. The maximum absolute atomic E-state index is 13.0. The highest BCUT2D eigenvalue weighted by Gasteiger charge is 2.41. The monoisotopic (exact) mass is 433 g/mol. The van der Waals surface area contributed by atoms with Crippen LogP contribution in [0.4, 0.5) is 11.6 Å². The van der Waals surface area contributed by atoms with E-state index in [1.54, 1.807) is 0 Å². The van der Waals surface area contributed by atoms with Crippen molar-refractivity contribution < 1.29 is 14.3 Å². The lowest BCUT2D eigenvalue weighted by atomic mass is 9.93. The van der Waals surface area contributed by atoms with Crippen molar-refractivity contribution in [3.8, 4) is 0 Å². The molecule has 8 nitrogen and oxygen atoms in total. The van der Waals surface area contributed by atoms with E-state index in [1.165, 1.54) is 0 Å². The van der Waals surface area contributed by atoms with E-state index in [0.29, 0.717) is 19.1 Å². The zero-order valence-corrected chi connectivity index (χ0v) is 18.3. The number of hydrogen-bond donors (Lipinski definition) is 0. The predicted octanol–water partition coefficient (Wildman–Crippen LogP) is 1.61. The second-order valence-corrected chi connectivity index (χ2v) is 9.76. The van der Waals surface area contributed by atoms with Crippen molar-refractivity contribution in [3.63, 3.8) is 0 Å². The van der Waals surface area contributed by atoms with E-state index in [-0.39, 0.29) is 5.92 Å². The van der Waals surface area contributed by atoms with Gasteiger partial charge in [0.2, 0.25) is 11.9 Å². The summed E-state index contributed by atoms with van der Waals surface area (Å²) < 4.78 is 11.6. The summed E-state index contributed by atoms with van der Waals surface area (Å²) in [7, 11) is 0. The third-order valence-electron chi connectivity index (χ3n) is 6.78. The quantitative estimate of drug-likeness (QED) is 0.712. The van der Waals surface area contributed by atoms with Crippen LogP contribution in [0, 0.1) is 5.92 Å². The van der Waals surface area contributed by atoms with Crippen LogP contribution in [-0.2, 0) is 14.3 Å². The van der Waals surface area contributed by atoms with Crippen molar-refractivity contribution in [2.75, 3.05) is 73.8 Å². The lowest BCUT2D eigenvalue weighted by Gasteiger charge is -2.40. The van der Waals surface area contributed by atoms with Crippen LogP contribution in [0.15, 0.2) is 12.4 Å². The summed E-state index contributed by atoms with van der Waals surface area (Å²) in [4.78, 5) is 28.8. The molecule has 5 rings (SSSR count). The topological polar surface area (TPSA) is 71.0 Å². The van der Waals surface area contributed by atoms with Gasteiger partial charge in [-0.05, 0) is 12.8 Å². The van der Waals surface area contributed by atoms with E-state index in [0.717, 1.165) is 88.1 Å². The third kappa shape index (κ3) is 4.24. The number of hydrogen-bond acceptors (Lipinski definition) is 8. The Bertz CT molecular complexity index is 719. The highest BCUT2D eigenvalue weighted by atomic mass is 32.2. The van der Waals surface area contributed by atoms with Crippen LogP contribution in [0.3, 0.4) is 0 Å². The van der Waals surface area contributed by atoms with Gasteiger partial charge in [0.05, 0.1) is 31.3 Å². The van der Waals surface area contributed by atoms with Crippen molar-refractivity contribution in [3.05, 3.63) is 12.4 Å². The molecule has 0 aromatic carbocycles. The molecule has 0 atom stereocenters. The van der Waals surface area contributed by atoms with Gasteiger partial charge in [-0.25, -0.2) is 9.97 Å². The minimum Gasteiger partial charge on any atom is -0.369 e. The van der Waals surface area contributed by atoms with E-state index in [9.17, 15) is 4.79 Å². The maximum Gasteiger partial charge on any atom is 0.225 e. The van der Waals surface area contributed by atoms with Gasteiger partial charge in [0.15, 0.2) is 5.79 Å². The number of rotatable bonds is 3. The molecule has 0 unspecified atom stereocenters. The number of piperidine rings is 2. The Morgan fingerprint density at radius 2 is 1.57 bits per heavy atom. The molecular weight excluding hydrogens is 402 g/mol. The minimum absolute atomic E-state index is 0.117. The van der Waals surface area contributed by atoms with Gasteiger partial charge >= 0.3 is 0 Å². The molecule has 30 heavy (non-hydrogen) atoms. The molecule has 4 saturated heterocycles. The summed E-state index contributed by atoms with van der Waals surface area (Å²) in [6.07, 6.45) is 7.24. The van der Waals surface area contributed by atoms with Crippen molar-refractivity contribution in [1.29, 1.82) is 0 Å². The zero-order chi connectivity index (χ0) is 20.4. The van der Waals surface area contributed by atoms with Crippen LogP contribution < -0.4 is 9.80 Å². The molecule has 0 radical (unpaired) electrons. The van der Waals surface area contributed by atoms with Crippen LogP contribution in [0.1, 0.15) is 25.7 Å². The summed E-state index contributed by atoms with van der Waals surface area (Å²) in [6.45, 7) is 6.63. The maximum atomic E-state index is 13.0. The molecule has 0 saturated carbocycles. The van der Waals surface area contributed by atoms with E-state index < -0.39 is 5.79 Å². The molecule has 4 aliphatic heterocycles. The molecule has 4 aliphatic rings. The first-order chi connectivity index (χ1) is 14.7. The fourth-order valence-corrected chi connectivity index (χ4v) is 5.80. The second kappa shape index (κ2) is 8.88. The molecule has 0 bridgehead atoms. The Labute approximate surface area is 182 Å². The van der Waals surface area contributed by atoms with Gasteiger partial charge in [0.1, 0.15) is 0 Å². The Hall–Kier alpha value is -1.58. The van der Waals surface area contributed by atoms with Crippen molar-refractivity contribution >= 4 is 29.3 Å². The van der Waals surface area contributed by atoms with Crippen LogP contribution in [0.25, 0.3) is 0 Å². The number of carbonyl (C=O) groups excluding carboxylic acids is 1. The van der Waals surface area contributed by atoms with Gasteiger partial charge < -0.3 is 24.2 Å². The molecule has 9 heteroatoms. The summed E-state index contributed by atoms with van der Waals surface area (Å²) in [6, 6.07) is 0. The standard InChI is InChI=1S/C21H31N5O3S/c27-19(25-7-3-21(4-8-25)28-11-12-29-21)17-1-5-24(6-2-17)18-15-22-20(23-16-18)26-9-13-30-14-10-26/h15-17H,1-14H2. The number of aromatic nitrogens is 2.